The number of aromatic amines is 1. The first-order chi connectivity index (χ1) is 13.5. The molecule has 0 spiro atoms. The molecule has 2 aromatic heterocycles. The van der Waals surface area contributed by atoms with E-state index in [0.29, 0.717) is 13.1 Å². The number of hydrogen-bond donors (Lipinski definition) is 1. The van der Waals surface area contributed by atoms with Gasteiger partial charge in [-0.3, -0.25) is 14.7 Å². The summed E-state index contributed by atoms with van der Waals surface area (Å²) in [5.74, 6) is 0.712. The van der Waals surface area contributed by atoms with E-state index in [4.69, 9.17) is 0 Å². The Labute approximate surface area is 163 Å². The van der Waals surface area contributed by atoms with Gasteiger partial charge in [0.05, 0.1) is 11.3 Å². The van der Waals surface area contributed by atoms with Gasteiger partial charge in [-0.25, -0.2) is 9.37 Å². The first kappa shape index (κ1) is 18.5. The first-order valence-electron chi connectivity index (χ1n) is 9.54. The van der Waals surface area contributed by atoms with Crippen molar-refractivity contribution in [1.82, 2.24) is 19.9 Å². The molecule has 0 bridgehead atoms. The summed E-state index contributed by atoms with van der Waals surface area (Å²) in [5.41, 5.74) is 4.60. The molecule has 6 heteroatoms. The van der Waals surface area contributed by atoms with Crippen LogP contribution in [0.1, 0.15) is 42.4 Å². The molecular formula is C22H23FN4O. The number of pyridine rings is 1. The lowest BCUT2D eigenvalue weighted by Crippen LogP contribution is -2.36. The lowest BCUT2D eigenvalue weighted by molar-refractivity contribution is 0.241. The number of fused-ring (bicyclic) bond motifs is 1. The van der Waals surface area contributed by atoms with Gasteiger partial charge in [0.1, 0.15) is 11.6 Å². The number of halogens is 1. The van der Waals surface area contributed by atoms with Crippen molar-refractivity contribution in [1.29, 1.82) is 0 Å². The van der Waals surface area contributed by atoms with Crippen LogP contribution in [0.2, 0.25) is 0 Å². The molecule has 3 heterocycles. The Morgan fingerprint density at radius 1 is 1.18 bits per heavy atom. The van der Waals surface area contributed by atoms with E-state index in [9.17, 15) is 9.18 Å². The molecule has 0 aliphatic carbocycles. The molecule has 4 rings (SSSR count). The fraction of sp³-hybridized carbons (Fsp3) is 0.318. The second kappa shape index (κ2) is 7.64. The Morgan fingerprint density at radius 3 is 2.71 bits per heavy atom. The first-order valence-corrected chi connectivity index (χ1v) is 9.54. The highest BCUT2D eigenvalue weighted by molar-refractivity contribution is 5.62. The van der Waals surface area contributed by atoms with Crippen LogP contribution in [-0.4, -0.2) is 26.4 Å². The maximum Gasteiger partial charge on any atom is 0.255 e. The average Bonchev–Trinajstić information content (AvgIpc) is 2.69. The minimum atomic E-state index is -0.251. The zero-order valence-corrected chi connectivity index (χ0v) is 16.1. The maximum atomic E-state index is 13.2. The third-order valence-corrected chi connectivity index (χ3v) is 5.09. The van der Waals surface area contributed by atoms with Crippen molar-refractivity contribution in [3.05, 3.63) is 81.5 Å². The van der Waals surface area contributed by atoms with E-state index in [-0.39, 0.29) is 17.3 Å². The molecule has 28 heavy (non-hydrogen) atoms. The highest BCUT2D eigenvalue weighted by atomic mass is 19.1. The second-order valence-corrected chi connectivity index (χ2v) is 7.58. The number of H-pyrrole nitrogens is 1. The van der Waals surface area contributed by atoms with Crippen LogP contribution >= 0.6 is 0 Å². The topological polar surface area (TPSA) is 61.9 Å². The van der Waals surface area contributed by atoms with Gasteiger partial charge in [0.2, 0.25) is 0 Å². The number of nitrogens with one attached hydrogen (secondary N) is 1. The van der Waals surface area contributed by atoms with Crippen LogP contribution < -0.4 is 5.56 Å². The Balaban J connectivity index is 1.53. The van der Waals surface area contributed by atoms with E-state index < -0.39 is 0 Å². The molecule has 0 fully saturated rings. The van der Waals surface area contributed by atoms with Crippen molar-refractivity contribution < 1.29 is 4.39 Å². The maximum absolute atomic E-state index is 13.2. The lowest BCUT2D eigenvalue weighted by atomic mass is 10.0. The van der Waals surface area contributed by atoms with Crippen molar-refractivity contribution in [2.75, 3.05) is 6.54 Å². The molecule has 0 saturated heterocycles. The summed E-state index contributed by atoms with van der Waals surface area (Å²) in [6.45, 7) is 6.19. The van der Waals surface area contributed by atoms with Gasteiger partial charge in [0.25, 0.3) is 5.56 Å². The fourth-order valence-electron chi connectivity index (χ4n) is 3.54. The summed E-state index contributed by atoms with van der Waals surface area (Å²) < 4.78 is 13.2. The molecule has 0 radical (unpaired) electrons. The van der Waals surface area contributed by atoms with Crippen LogP contribution in [0.4, 0.5) is 4.39 Å². The standard InChI is InChI=1S/C22H23FN4O/c1-14(2)21-25-20-7-8-27(13-19(20)22(28)26-21)12-15-9-17(11-24-10-15)16-3-5-18(23)6-4-16/h3-6,9-11,14H,7-8,12-13H2,1-2H3,(H,25,26,28). The third-order valence-electron chi connectivity index (χ3n) is 5.09. The molecule has 1 aromatic carbocycles. The van der Waals surface area contributed by atoms with Crippen molar-refractivity contribution in [2.45, 2.75) is 39.3 Å². The summed E-state index contributed by atoms with van der Waals surface area (Å²) in [7, 11) is 0. The van der Waals surface area contributed by atoms with Gasteiger partial charge in [0.15, 0.2) is 0 Å². The Morgan fingerprint density at radius 2 is 1.96 bits per heavy atom. The number of rotatable bonds is 4. The highest BCUT2D eigenvalue weighted by Crippen LogP contribution is 2.22. The normalized spacial score (nSPS) is 14.3. The molecule has 0 saturated carbocycles. The van der Waals surface area contributed by atoms with Gasteiger partial charge in [-0.15, -0.1) is 0 Å². The Kier molecular flexibility index (Phi) is 5.05. The van der Waals surface area contributed by atoms with Gasteiger partial charge >= 0.3 is 0 Å². The quantitative estimate of drug-likeness (QED) is 0.753. The van der Waals surface area contributed by atoms with E-state index in [1.54, 1.807) is 18.3 Å². The minimum Gasteiger partial charge on any atom is -0.310 e. The second-order valence-electron chi connectivity index (χ2n) is 7.58. The van der Waals surface area contributed by atoms with Gasteiger partial charge in [-0.1, -0.05) is 26.0 Å². The predicted molar refractivity (Wildman–Crippen MR) is 106 cm³/mol. The van der Waals surface area contributed by atoms with Gasteiger partial charge < -0.3 is 4.98 Å². The van der Waals surface area contributed by atoms with Crippen LogP contribution in [0.15, 0.2) is 47.5 Å². The van der Waals surface area contributed by atoms with Crippen LogP contribution in [0.3, 0.4) is 0 Å². The van der Waals surface area contributed by atoms with E-state index in [1.165, 1.54) is 12.1 Å². The van der Waals surface area contributed by atoms with Crippen molar-refractivity contribution in [3.63, 3.8) is 0 Å². The summed E-state index contributed by atoms with van der Waals surface area (Å²) in [6.07, 6.45) is 4.39. The van der Waals surface area contributed by atoms with E-state index >= 15 is 0 Å². The van der Waals surface area contributed by atoms with Gasteiger partial charge in [-0.2, -0.15) is 0 Å². The lowest BCUT2D eigenvalue weighted by Gasteiger charge is -2.28. The van der Waals surface area contributed by atoms with Crippen molar-refractivity contribution in [3.8, 4) is 11.1 Å². The molecule has 0 unspecified atom stereocenters. The smallest absolute Gasteiger partial charge is 0.255 e. The summed E-state index contributed by atoms with van der Waals surface area (Å²) in [4.78, 5) is 26.6. The number of aromatic nitrogens is 3. The molecule has 1 N–H and O–H groups in total. The molecular weight excluding hydrogens is 355 g/mol. The van der Waals surface area contributed by atoms with Crippen LogP contribution in [0, 0.1) is 5.82 Å². The van der Waals surface area contributed by atoms with E-state index in [2.05, 4.69) is 25.9 Å². The predicted octanol–water partition coefficient (Wildman–Crippen LogP) is 3.65. The zero-order valence-electron chi connectivity index (χ0n) is 16.1. The van der Waals surface area contributed by atoms with Gasteiger partial charge in [-0.05, 0) is 29.3 Å². The summed E-state index contributed by atoms with van der Waals surface area (Å²) >= 11 is 0. The fourth-order valence-corrected chi connectivity index (χ4v) is 3.54. The number of benzene rings is 1. The van der Waals surface area contributed by atoms with Crippen molar-refractivity contribution in [2.24, 2.45) is 0 Å². The monoisotopic (exact) mass is 378 g/mol. The zero-order chi connectivity index (χ0) is 19.7. The van der Waals surface area contributed by atoms with Crippen LogP contribution in [-0.2, 0) is 19.5 Å². The average molecular weight is 378 g/mol. The van der Waals surface area contributed by atoms with Crippen LogP contribution in [0.25, 0.3) is 11.1 Å². The molecule has 0 atom stereocenters. The van der Waals surface area contributed by atoms with Gasteiger partial charge in [0, 0.05) is 49.9 Å². The van der Waals surface area contributed by atoms with Crippen LogP contribution in [0.5, 0.6) is 0 Å². The summed E-state index contributed by atoms with van der Waals surface area (Å²) in [6, 6.07) is 8.48. The summed E-state index contributed by atoms with van der Waals surface area (Å²) in [5, 5.41) is 0. The molecule has 3 aromatic rings. The van der Waals surface area contributed by atoms with E-state index in [0.717, 1.165) is 46.7 Å². The molecule has 1 aliphatic heterocycles. The number of hydrogen-bond acceptors (Lipinski definition) is 4. The van der Waals surface area contributed by atoms with E-state index in [1.807, 2.05) is 20.0 Å². The largest absolute Gasteiger partial charge is 0.310 e. The molecule has 5 nitrogen and oxygen atoms in total. The highest BCUT2D eigenvalue weighted by Gasteiger charge is 2.22. The number of nitrogens with zero attached hydrogens (tertiary/aromatic N) is 3. The Hall–Kier alpha value is -2.86. The third kappa shape index (κ3) is 3.87. The minimum absolute atomic E-state index is 0.0309. The molecule has 144 valence electrons. The Bertz CT molecular complexity index is 1040. The van der Waals surface area contributed by atoms with Crippen molar-refractivity contribution >= 4 is 0 Å². The molecule has 1 aliphatic rings. The molecule has 0 amide bonds. The SMILES string of the molecule is CC(C)c1nc2c(c(=O)[nH]1)CN(Cc1cncc(-c3ccc(F)cc3)c1)CC2.